The van der Waals surface area contributed by atoms with Gasteiger partial charge in [0, 0.05) is 16.6 Å². The van der Waals surface area contributed by atoms with E-state index < -0.39 is 6.10 Å². The first-order valence-electron chi connectivity index (χ1n) is 6.81. The van der Waals surface area contributed by atoms with E-state index in [4.69, 9.17) is 5.11 Å². The van der Waals surface area contributed by atoms with Crippen LogP contribution in [-0.4, -0.2) is 26.8 Å². The van der Waals surface area contributed by atoms with E-state index in [0.717, 1.165) is 27.9 Å². The molecule has 2 heterocycles. The summed E-state index contributed by atoms with van der Waals surface area (Å²) in [5.74, 6) is 0. The first-order chi connectivity index (χ1) is 10.2. The minimum atomic E-state index is -0.959. The normalized spacial score (nSPS) is 12.5. The van der Waals surface area contributed by atoms with Gasteiger partial charge in [0.15, 0.2) is 0 Å². The van der Waals surface area contributed by atoms with Gasteiger partial charge in [-0.25, -0.2) is 4.98 Å². The summed E-state index contributed by atoms with van der Waals surface area (Å²) in [6.07, 6.45) is -0.959. The van der Waals surface area contributed by atoms with Gasteiger partial charge in [-0.05, 0) is 31.2 Å². The maximum absolute atomic E-state index is 9.74. The van der Waals surface area contributed by atoms with Crippen molar-refractivity contribution in [3.63, 3.8) is 0 Å². The highest BCUT2D eigenvalue weighted by Gasteiger charge is 2.11. The molecule has 1 atom stereocenters. The largest absolute Gasteiger partial charge is 0.393 e. The monoisotopic (exact) mass is 280 g/mol. The van der Waals surface area contributed by atoms with E-state index in [2.05, 4.69) is 9.97 Å². The van der Waals surface area contributed by atoms with E-state index >= 15 is 0 Å². The molecule has 0 spiro atoms. The molecule has 1 unspecified atom stereocenters. The molecule has 0 fully saturated rings. The molecule has 2 aromatic heterocycles. The predicted octanol–water partition coefficient (Wildman–Crippen LogP) is 2.63. The summed E-state index contributed by atoms with van der Waals surface area (Å²) in [6, 6.07) is 15.3. The van der Waals surface area contributed by atoms with E-state index in [1.165, 1.54) is 0 Å². The summed E-state index contributed by atoms with van der Waals surface area (Å²) >= 11 is 0. The van der Waals surface area contributed by atoms with Gasteiger partial charge in [-0.3, -0.25) is 4.98 Å². The van der Waals surface area contributed by atoms with Gasteiger partial charge in [-0.2, -0.15) is 0 Å². The number of rotatable bonds is 3. The average Bonchev–Trinajstić information content (AvgIpc) is 2.53. The lowest BCUT2D eigenvalue weighted by Crippen LogP contribution is -2.05. The number of fused-ring (bicyclic) bond motifs is 1. The van der Waals surface area contributed by atoms with E-state index in [0.29, 0.717) is 5.69 Å². The minimum absolute atomic E-state index is 0.341. The first-order valence-corrected chi connectivity index (χ1v) is 6.81. The molecule has 21 heavy (non-hydrogen) atoms. The van der Waals surface area contributed by atoms with Crippen LogP contribution in [0.5, 0.6) is 0 Å². The van der Waals surface area contributed by atoms with Crippen molar-refractivity contribution >= 4 is 10.9 Å². The number of para-hydroxylation sites is 1. The second-order valence-corrected chi connectivity index (χ2v) is 4.97. The molecule has 1 aromatic carbocycles. The fourth-order valence-corrected chi connectivity index (χ4v) is 2.40. The van der Waals surface area contributed by atoms with Crippen molar-refractivity contribution in [1.29, 1.82) is 0 Å². The molecule has 106 valence electrons. The van der Waals surface area contributed by atoms with Crippen LogP contribution in [0.2, 0.25) is 0 Å². The summed E-state index contributed by atoms with van der Waals surface area (Å²) in [5, 5.41) is 19.8. The van der Waals surface area contributed by atoms with Crippen LogP contribution in [0, 0.1) is 6.92 Å². The highest BCUT2D eigenvalue weighted by Crippen LogP contribution is 2.28. The zero-order valence-electron chi connectivity index (χ0n) is 11.7. The molecule has 0 aliphatic carbocycles. The Morgan fingerprint density at radius 2 is 1.86 bits per heavy atom. The molecule has 4 nitrogen and oxygen atoms in total. The zero-order chi connectivity index (χ0) is 14.8. The predicted molar refractivity (Wildman–Crippen MR) is 81.8 cm³/mol. The third-order valence-electron chi connectivity index (χ3n) is 3.41. The molecule has 0 saturated heterocycles. The van der Waals surface area contributed by atoms with Gasteiger partial charge >= 0.3 is 0 Å². The van der Waals surface area contributed by atoms with E-state index in [9.17, 15) is 5.11 Å². The number of aliphatic hydroxyl groups is 2. The minimum Gasteiger partial charge on any atom is -0.393 e. The van der Waals surface area contributed by atoms with Crippen molar-refractivity contribution in [1.82, 2.24) is 9.97 Å². The molecule has 0 bridgehead atoms. The van der Waals surface area contributed by atoms with Crippen LogP contribution in [0.3, 0.4) is 0 Å². The molecule has 4 heteroatoms. The Kier molecular flexibility index (Phi) is 3.64. The number of hydrogen-bond acceptors (Lipinski definition) is 4. The van der Waals surface area contributed by atoms with Gasteiger partial charge < -0.3 is 10.2 Å². The van der Waals surface area contributed by atoms with Crippen LogP contribution in [0.1, 0.15) is 17.5 Å². The van der Waals surface area contributed by atoms with Crippen molar-refractivity contribution < 1.29 is 10.2 Å². The van der Waals surface area contributed by atoms with Crippen LogP contribution in [0.4, 0.5) is 0 Å². The van der Waals surface area contributed by atoms with Gasteiger partial charge in [0.05, 0.1) is 23.5 Å². The average molecular weight is 280 g/mol. The summed E-state index contributed by atoms with van der Waals surface area (Å²) in [4.78, 5) is 8.99. The van der Waals surface area contributed by atoms with Crippen molar-refractivity contribution in [3.8, 4) is 11.3 Å². The molecule has 2 N–H and O–H groups in total. The summed E-state index contributed by atoms with van der Waals surface area (Å²) in [5.41, 5.74) is 4.04. The standard InChI is InChI=1S/C17H16N2O2/c1-11-9-13(12-5-2-3-6-14(12)18-11)15-7-4-8-16(19-15)17(21)10-20/h2-9,17,20-21H,10H2,1H3. The Hall–Kier alpha value is -2.30. The quantitative estimate of drug-likeness (QED) is 0.774. The molecule has 0 amide bonds. The van der Waals surface area contributed by atoms with E-state index in [1.807, 2.05) is 49.4 Å². The van der Waals surface area contributed by atoms with E-state index in [-0.39, 0.29) is 6.61 Å². The van der Waals surface area contributed by atoms with Crippen molar-refractivity contribution in [2.45, 2.75) is 13.0 Å². The van der Waals surface area contributed by atoms with Crippen molar-refractivity contribution in [2.75, 3.05) is 6.61 Å². The molecular weight excluding hydrogens is 264 g/mol. The molecule has 0 aliphatic rings. The molecule has 0 radical (unpaired) electrons. The molecule has 0 saturated carbocycles. The highest BCUT2D eigenvalue weighted by atomic mass is 16.3. The maximum Gasteiger partial charge on any atom is 0.119 e. The molecule has 3 aromatic rings. The lowest BCUT2D eigenvalue weighted by atomic mass is 10.0. The number of pyridine rings is 2. The molecular formula is C17H16N2O2. The van der Waals surface area contributed by atoms with Crippen LogP contribution in [0.25, 0.3) is 22.2 Å². The third kappa shape index (κ3) is 2.63. The Balaban J connectivity index is 2.20. The van der Waals surface area contributed by atoms with Gasteiger partial charge in [-0.15, -0.1) is 0 Å². The summed E-state index contributed by atoms with van der Waals surface area (Å²) < 4.78 is 0. The lowest BCUT2D eigenvalue weighted by Gasteiger charge is -2.11. The summed E-state index contributed by atoms with van der Waals surface area (Å²) in [7, 11) is 0. The number of aryl methyl sites for hydroxylation is 1. The Morgan fingerprint density at radius 1 is 1.05 bits per heavy atom. The van der Waals surface area contributed by atoms with Crippen molar-refractivity contribution in [3.05, 3.63) is 59.9 Å². The van der Waals surface area contributed by atoms with Crippen LogP contribution in [-0.2, 0) is 0 Å². The zero-order valence-corrected chi connectivity index (χ0v) is 11.7. The second-order valence-electron chi connectivity index (χ2n) is 4.97. The Labute approximate surface area is 122 Å². The van der Waals surface area contributed by atoms with Gasteiger partial charge in [-0.1, -0.05) is 24.3 Å². The summed E-state index contributed by atoms with van der Waals surface area (Å²) in [6.45, 7) is 1.61. The maximum atomic E-state index is 9.74. The van der Waals surface area contributed by atoms with E-state index in [1.54, 1.807) is 6.07 Å². The lowest BCUT2D eigenvalue weighted by molar-refractivity contribution is 0.0923. The number of aliphatic hydroxyl groups excluding tert-OH is 2. The molecule has 0 aliphatic heterocycles. The topological polar surface area (TPSA) is 66.2 Å². The van der Waals surface area contributed by atoms with Gasteiger partial charge in [0.25, 0.3) is 0 Å². The van der Waals surface area contributed by atoms with Gasteiger partial charge in [0.1, 0.15) is 6.10 Å². The highest BCUT2D eigenvalue weighted by molar-refractivity contribution is 5.93. The fraction of sp³-hybridized carbons (Fsp3) is 0.176. The third-order valence-corrected chi connectivity index (χ3v) is 3.41. The van der Waals surface area contributed by atoms with Crippen molar-refractivity contribution in [2.24, 2.45) is 0 Å². The first kappa shape index (κ1) is 13.7. The van der Waals surface area contributed by atoms with Crippen LogP contribution >= 0.6 is 0 Å². The van der Waals surface area contributed by atoms with Crippen LogP contribution < -0.4 is 0 Å². The SMILES string of the molecule is Cc1cc(-c2cccc(C(O)CO)n2)c2ccccc2n1. The van der Waals surface area contributed by atoms with Gasteiger partial charge in [0.2, 0.25) is 0 Å². The Bertz CT molecular complexity index is 787. The molecule has 3 rings (SSSR count). The number of aromatic nitrogens is 2. The second kappa shape index (κ2) is 5.60. The Morgan fingerprint density at radius 3 is 2.67 bits per heavy atom. The smallest absolute Gasteiger partial charge is 0.119 e. The fourth-order valence-electron chi connectivity index (χ4n) is 2.40. The van der Waals surface area contributed by atoms with Crippen LogP contribution in [0.15, 0.2) is 48.5 Å². The number of benzene rings is 1. The number of nitrogens with zero attached hydrogens (tertiary/aromatic N) is 2. The number of hydrogen-bond donors (Lipinski definition) is 2.